The summed E-state index contributed by atoms with van der Waals surface area (Å²) in [7, 11) is 0. The van der Waals surface area contributed by atoms with Crippen molar-refractivity contribution in [2.45, 2.75) is 64.2 Å². The number of H-pyrrole nitrogens is 1. The number of para-hydroxylation sites is 1. The summed E-state index contributed by atoms with van der Waals surface area (Å²) in [5, 5.41) is 5.71. The van der Waals surface area contributed by atoms with Crippen LogP contribution in [0.5, 0.6) is 0 Å². The van der Waals surface area contributed by atoms with Crippen LogP contribution in [0.2, 0.25) is 0 Å². The maximum Gasteiger partial charge on any atom is 0.229 e. The first kappa shape index (κ1) is 16.8. The number of rotatable bonds is 5. The summed E-state index contributed by atoms with van der Waals surface area (Å²) in [6.45, 7) is 2.20. The molecule has 4 bridgehead atoms. The van der Waals surface area contributed by atoms with Crippen LogP contribution in [0, 0.1) is 23.2 Å². The molecule has 2 aromatic heterocycles. The molecule has 4 aliphatic rings. The summed E-state index contributed by atoms with van der Waals surface area (Å²) in [5.41, 5.74) is 2.98. The standard InChI is InChI=1S/C24H29N3O/c1-15(6-19-14-25-21-5-3-2-4-20(19)21)23-26-22(27-28-23)13-24-10-16-7-17(11-24)9-18(8-16)12-24/h2-5,14-18,25H,6-13H2,1H3/t15-,16?,17?,18?,24?/m0/s1. The number of benzene rings is 1. The molecule has 4 saturated carbocycles. The minimum Gasteiger partial charge on any atom is -0.361 e. The SMILES string of the molecule is C[C@@H](Cc1c[nH]c2ccccc12)c1nc(CC23CC4CC(CC(C4)C2)C3)no1. The van der Waals surface area contributed by atoms with Crippen molar-refractivity contribution in [2.75, 3.05) is 0 Å². The van der Waals surface area contributed by atoms with E-state index >= 15 is 0 Å². The van der Waals surface area contributed by atoms with Crippen LogP contribution in [-0.4, -0.2) is 15.1 Å². The molecule has 28 heavy (non-hydrogen) atoms. The van der Waals surface area contributed by atoms with Gasteiger partial charge in [0.05, 0.1) is 0 Å². The van der Waals surface area contributed by atoms with Crippen molar-refractivity contribution in [2.24, 2.45) is 23.2 Å². The van der Waals surface area contributed by atoms with Crippen LogP contribution in [0.3, 0.4) is 0 Å². The van der Waals surface area contributed by atoms with Gasteiger partial charge in [0.25, 0.3) is 0 Å². The minimum atomic E-state index is 0.233. The molecule has 4 aliphatic carbocycles. The lowest BCUT2D eigenvalue weighted by Gasteiger charge is -2.56. The maximum atomic E-state index is 5.73. The molecule has 1 N–H and O–H groups in total. The fourth-order valence-electron chi connectivity index (χ4n) is 7.10. The average molecular weight is 376 g/mol. The summed E-state index contributed by atoms with van der Waals surface area (Å²) in [5.74, 6) is 4.89. The van der Waals surface area contributed by atoms with Crippen LogP contribution in [0.15, 0.2) is 35.0 Å². The van der Waals surface area contributed by atoms with E-state index in [1.54, 1.807) is 0 Å². The highest BCUT2D eigenvalue weighted by molar-refractivity contribution is 5.83. The highest BCUT2D eigenvalue weighted by Crippen LogP contribution is 2.60. The number of aromatic nitrogens is 3. The Labute approximate surface area is 166 Å². The lowest BCUT2D eigenvalue weighted by atomic mass is 9.49. The number of hydrogen-bond acceptors (Lipinski definition) is 3. The number of fused-ring (bicyclic) bond motifs is 1. The third kappa shape index (κ3) is 2.80. The Morgan fingerprint density at radius 3 is 2.57 bits per heavy atom. The first-order chi connectivity index (χ1) is 13.7. The van der Waals surface area contributed by atoms with Gasteiger partial charge in [0.1, 0.15) is 0 Å². The van der Waals surface area contributed by atoms with Gasteiger partial charge in [-0.05, 0) is 79.7 Å². The van der Waals surface area contributed by atoms with Gasteiger partial charge in [0.2, 0.25) is 5.89 Å². The number of aromatic amines is 1. The van der Waals surface area contributed by atoms with Gasteiger partial charge in [0.15, 0.2) is 5.82 Å². The summed E-state index contributed by atoms with van der Waals surface area (Å²) < 4.78 is 5.73. The summed E-state index contributed by atoms with van der Waals surface area (Å²) in [6.07, 6.45) is 12.7. The van der Waals surface area contributed by atoms with Crippen molar-refractivity contribution in [1.82, 2.24) is 15.1 Å². The molecular formula is C24H29N3O. The van der Waals surface area contributed by atoms with Crippen molar-refractivity contribution in [3.8, 4) is 0 Å². The van der Waals surface area contributed by atoms with Gasteiger partial charge in [-0.15, -0.1) is 0 Å². The molecule has 146 valence electrons. The van der Waals surface area contributed by atoms with Crippen molar-refractivity contribution in [3.63, 3.8) is 0 Å². The van der Waals surface area contributed by atoms with Crippen LogP contribution < -0.4 is 0 Å². The van der Waals surface area contributed by atoms with Crippen LogP contribution in [0.25, 0.3) is 10.9 Å². The maximum absolute atomic E-state index is 5.73. The average Bonchev–Trinajstić information content (AvgIpc) is 3.28. The fraction of sp³-hybridized carbons (Fsp3) is 0.583. The largest absolute Gasteiger partial charge is 0.361 e. The molecule has 0 saturated heterocycles. The Morgan fingerprint density at radius 2 is 1.82 bits per heavy atom. The smallest absolute Gasteiger partial charge is 0.229 e. The molecule has 0 aliphatic heterocycles. The molecule has 0 amide bonds. The lowest BCUT2D eigenvalue weighted by molar-refractivity contribution is -0.0533. The Kier molecular flexibility index (Phi) is 3.72. The van der Waals surface area contributed by atoms with Crippen LogP contribution in [0.1, 0.15) is 68.6 Å². The third-order valence-corrected chi connectivity index (χ3v) is 7.80. The first-order valence-electron chi connectivity index (χ1n) is 11.0. The molecule has 0 unspecified atom stereocenters. The highest BCUT2D eigenvalue weighted by Gasteiger charge is 2.51. The Hall–Kier alpha value is -2.10. The second kappa shape index (κ2) is 6.20. The molecule has 1 aromatic carbocycles. The molecule has 2 heterocycles. The van der Waals surface area contributed by atoms with Gasteiger partial charge in [-0.1, -0.05) is 30.3 Å². The molecule has 4 nitrogen and oxygen atoms in total. The zero-order valence-corrected chi connectivity index (χ0v) is 16.7. The molecule has 0 radical (unpaired) electrons. The Bertz CT molecular complexity index is 965. The number of nitrogens with zero attached hydrogens (tertiary/aromatic N) is 2. The fourth-order valence-corrected chi connectivity index (χ4v) is 7.10. The number of nitrogens with one attached hydrogen (secondary N) is 1. The molecule has 0 spiro atoms. The van der Waals surface area contributed by atoms with E-state index in [-0.39, 0.29) is 5.92 Å². The Balaban J connectivity index is 1.18. The van der Waals surface area contributed by atoms with E-state index in [9.17, 15) is 0 Å². The number of hydrogen-bond donors (Lipinski definition) is 1. The van der Waals surface area contributed by atoms with Gasteiger partial charge in [-0.2, -0.15) is 4.98 Å². The van der Waals surface area contributed by atoms with Gasteiger partial charge >= 0.3 is 0 Å². The quantitative estimate of drug-likeness (QED) is 0.626. The lowest BCUT2D eigenvalue weighted by Crippen LogP contribution is -2.47. The molecule has 3 aromatic rings. The van der Waals surface area contributed by atoms with E-state index in [0.717, 1.165) is 42.3 Å². The van der Waals surface area contributed by atoms with E-state index in [1.165, 1.54) is 55.0 Å². The van der Waals surface area contributed by atoms with E-state index in [1.807, 2.05) is 0 Å². The van der Waals surface area contributed by atoms with Crippen molar-refractivity contribution in [3.05, 3.63) is 47.7 Å². The zero-order chi connectivity index (χ0) is 18.7. The normalized spacial score (nSPS) is 32.2. The van der Waals surface area contributed by atoms with E-state index < -0.39 is 0 Å². The van der Waals surface area contributed by atoms with E-state index in [2.05, 4.69) is 47.5 Å². The van der Waals surface area contributed by atoms with Crippen molar-refractivity contribution >= 4 is 10.9 Å². The van der Waals surface area contributed by atoms with Gasteiger partial charge in [-0.25, -0.2) is 0 Å². The van der Waals surface area contributed by atoms with Crippen LogP contribution >= 0.6 is 0 Å². The predicted octanol–water partition coefficient (Wildman–Crippen LogP) is 5.66. The van der Waals surface area contributed by atoms with Gasteiger partial charge in [-0.3, -0.25) is 0 Å². The van der Waals surface area contributed by atoms with Gasteiger partial charge < -0.3 is 9.51 Å². The zero-order valence-electron chi connectivity index (χ0n) is 16.7. The van der Waals surface area contributed by atoms with E-state index in [0.29, 0.717) is 5.41 Å². The molecule has 7 rings (SSSR count). The minimum absolute atomic E-state index is 0.233. The summed E-state index contributed by atoms with van der Waals surface area (Å²) in [4.78, 5) is 8.23. The molecule has 4 fully saturated rings. The van der Waals surface area contributed by atoms with Crippen molar-refractivity contribution in [1.29, 1.82) is 0 Å². The highest BCUT2D eigenvalue weighted by atomic mass is 16.5. The second-order valence-electron chi connectivity index (χ2n) is 10.1. The van der Waals surface area contributed by atoms with Crippen molar-refractivity contribution < 1.29 is 4.52 Å². The topological polar surface area (TPSA) is 54.7 Å². The molecular weight excluding hydrogens is 346 g/mol. The second-order valence-corrected chi connectivity index (χ2v) is 10.1. The molecule has 1 atom stereocenters. The molecule has 4 heteroatoms. The Morgan fingerprint density at radius 1 is 1.11 bits per heavy atom. The monoisotopic (exact) mass is 375 g/mol. The van der Waals surface area contributed by atoms with Gasteiger partial charge in [0, 0.05) is 29.4 Å². The first-order valence-corrected chi connectivity index (χ1v) is 11.0. The summed E-state index contributed by atoms with van der Waals surface area (Å²) in [6, 6.07) is 8.47. The van der Waals surface area contributed by atoms with Crippen LogP contribution in [-0.2, 0) is 12.8 Å². The predicted molar refractivity (Wildman–Crippen MR) is 109 cm³/mol. The van der Waals surface area contributed by atoms with Crippen LogP contribution in [0.4, 0.5) is 0 Å². The van der Waals surface area contributed by atoms with E-state index in [4.69, 9.17) is 9.51 Å². The third-order valence-electron chi connectivity index (χ3n) is 7.80. The summed E-state index contributed by atoms with van der Waals surface area (Å²) >= 11 is 0.